The maximum atomic E-state index is 12.0. The molecule has 1 heterocycles. The van der Waals surface area contributed by atoms with E-state index in [-0.39, 0.29) is 17.4 Å². The maximum absolute atomic E-state index is 12.0. The van der Waals surface area contributed by atoms with Gasteiger partial charge in [0.15, 0.2) is 0 Å². The summed E-state index contributed by atoms with van der Waals surface area (Å²) in [5.41, 5.74) is 0.672. The molecule has 96 valence electrons. The first-order chi connectivity index (χ1) is 8.58. The van der Waals surface area contributed by atoms with Crippen molar-refractivity contribution in [3.05, 3.63) is 28.2 Å². The minimum Gasteiger partial charge on any atom is -0.478 e. The Morgan fingerprint density at radius 3 is 2.83 bits per heavy atom. The number of amides is 1. The lowest BCUT2D eigenvalue weighted by Gasteiger charge is -2.11. The summed E-state index contributed by atoms with van der Waals surface area (Å²) in [5, 5.41) is 11.7. The van der Waals surface area contributed by atoms with E-state index in [1.165, 1.54) is 12.1 Å². The Morgan fingerprint density at radius 1 is 1.44 bits per heavy atom. The van der Waals surface area contributed by atoms with Crippen molar-refractivity contribution in [2.45, 2.75) is 6.42 Å². The number of hydrogen-bond acceptors (Lipinski definition) is 3. The number of benzene rings is 1. The number of carbonyl (C=O) groups excluding carboxylic acids is 1. The molecular formula is C12H12BrNO3S. The van der Waals surface area contributed by atoms with E-state index in [1.54, 1.807) is 17.8 Å². The van der Waals surface area contributed by atoms with Crippen LogP contribution in [-0.4, -0.2) is 28.5 Å². The van der Waals surface area contributed by atoms with Gasteiger partial charge >= 0.3 is 5.97 Å². The van der Waals surface area contributed by atoms with Crippen LogP contribution in [0.25, 0.3) is 0 Å². The Bertz CT molecular complexity index is 486. The zero-order chi connectivity index (χ0) is 13.1. The van der Waals surface area contributed by atoms with E-state index in [0.29, 0.717) is 10.2 Å². The molecule has 1 unspecified atom stereocenters. The largest absolute Gasteiger partial charge is 0.478 e. The van der Waals surface area contributed by atoms with Gasteiger partial charge in [0.25, 0.3) is 0 Å². The van der Waals surface area contributed by atoms with Crippen molar-refractivity contribution in [1.82, 2.24) is 0 Å². The molecule has 0 radical (unpaired) electrons. The third kappa shape index (κ3) is 3.05. The molecule has 1 aromatic rings. The minimum atomic E-state index is -1.01. The van der Waals surface area contributed by atoms with Crippen molar-refractivity contribution in [1.29, 1.82) is 0 Å². The summed E-state index contributed by atoms with van der Waals surface area (Å²) >= 11 is 5.07. The lowest BCUT2D eigenvalue weighted by molar-refractivity contribution is -0.119. The monoisotopic (exact) mass is 329 g/mol. The zero-order valence-electron chi connectivity index (χ0n) is 9.48. The zero-order valence-corrected chi connectivity index (χ0v) is 11.9. The Labute approximate surface area is 117 Å². The van der Waals surface area contributed by atoms with E-state index in [2.05, 4.69) is 21.2 Å². The van der Waals surface area contributed by atoms with E-state index in [4.69, 9.17) is 5.11 Å². The maximum Gasteiger partial charge on any atom is 0.335 e. The normalized spacial score (nSPS) is 18.6. The van der Waals surface area contributed by atoms with Crippen molar-refractivity contribution in [2.75, 3.05) is 16.8 Å². The Hall–Kier alpha value is -1.01. The molecule has 2 N–H and O–H groups in total. The van der Waals surface area contributed by atoms with Crippen LogP contribution >= 0.6 is 27.7 Å². The van der Waals surface area contributed by atoms with Gasteiger partial charge in [-0.2, -0.15) is 11.8 Å². The average Bonchev–Trinajstić information content (AvgIpc) is 2.85. The van der Waals surface area contributed by atoms with Crippen LogP contribution in [0.5, 0.6) is 0 Å². The molecule has 1 amide bonds. The van der Waals surface area contributed by atoms with Gasteiger partial charge in [0, 0.05) is 16.1 Å². The minimum absolute atomic E-state index is 0.0235. The quantitative estimate of drug-likeness (QED) is 0.894. The standard InChI is InChI=1S/C12H12BrNO3S/c13-9-2-1-7(12(16)17)5-10(9)14-11(15)8-3-4-18-6-8/h1-2,5,8H,3-4,6H2,(H,14,15)(H,16,17). The van der Waals surface area contributed by atoms with Crippen LogP contribution in [-0.2, 0) is 4.79 Å². The van der Waals surface area contributed by atoms with Crippen molar-refractivity contribution in [2.24, 2.45) is 5.92 Å². The topological polar surface area (TPSA) is 66.4 Å². The summed E-state index contributed by atoms with van der Waals surface area (Å²) in [5.74, 6) is 0.823. The smallest absolute Gasteiger partial charge is 0.335 e. The predicted octanol–water partition coefficient (Wildman–Crippen LogP) is 2.84. The van der Waals surface area contributed by atoms with Gasteiger partial charge in [0.2, 0.25) is 5.91 Å². The summed E-state index contributed by atoms with van der Waals surface area (Å²) in [6, 6.07) is 4.59. The molecule has 18 heavy (non-hydrogen) atoms. The van der Waals surface area contributed by atoms with Crippen LogP contribution in [0, 0.1) is 5.92 Å². The molecule has 0 saturated carbocycles. The van der Waals surface area contributed by atoms with Gasteiger partial charge in [-0.15, -0.1) is 0 Å². The average molecular weight is 330 g/mol. The van der Waals surface area contributed by atoms with Crippen molar-refractivity contribution < 1.29 is 14.7 Å². The molecule has 2 rings (SSSR count). The van der Waals surface area contributed by atoms with Crippen LogP contribution in [0.1, 0.15) is 16.8 Å². The third-order valence-corrected chi connectivity index (χ3v) is 4.63. The summed E-state index contributed by atoms with van der Waals surface area (Å²) in [4.78, 5) is 22.8. The molecule has 6 heteroatoms. The second kappa shape index (κ2) is 5.75. The number of nitrogens with one attached hydrogen (secondary N) is 1. The molecule has 0 aliphatic carbocycles. The van der Waals surface area contributed by atoms with Gasteiger partial charge in [-0.25, -0.2) is 4.79 Å². The molecule has 0 aromatic heterocycles. The molecule has 0 bridgehead atoms. The SMILES string of the molecule is O=C(O)c1ccc(Br)c(NC(=O)C2CCSC2)c1. The van der Waals surface area contributed by atoms with Crippen LogP contribution in [0.4, 0.5) is 5.69 Å². The van der Waals surface area contributed by atoms with E-state index in [0.717, 1.165) is 17.9 Å². The molecule has 1 aromatic carbocycles. The summed E-state index contributed by atoms with van der Waals surface area (Å²) in [6.07, 6.45) is 0.882. The molecular weight excluding hydrogens is 318 g/mol. The molecule has 1 aliphatic heterocycles. The van der Waals surface area contributed by atoms with Crippen molar-refractivity contribution >= 4 is 45.3 Å². The second-order valence-corrected chi connectivity index (χ2v) is 6.05. The number of carboxylic acid groups (broad SMARTS) is 1. The van der Waals surface area contributed by atoms with Gasteiger partial charge in [-0.1, -0.05) is 0 Å². The van der Waals surface area contributed by atoms with Crippen LogP contribution in [0.3, 0.4) is 0 Å². The van der Waals surface area contributed by atoms with Crippen LogP contribution in [0.15, 0.2) is 22.7 Å². The van der Waals surface area contributed by atoms with Gasteiger partial charge in [0.05, 0.1) is 11.3 Å². The first kappa shape index (κ1) is 13.4. The van der Waals surface area contributed by atoms with E-state index in [9.17, 15) is 9.59 Å². The number of carbonyl (C=O) groups is 2. The summed E-state index contributed by atoms with van der Waals surface area (Å²) < 4.78 is 0.687. The first-order valence-electron chi connectivity index (χ1n) is 5.49. The van der Waals surface area contributed by atoms with Gasteiger partial charge < -0.3 is 10.4 Å². The number of anilines is 1. The number of carboxylic acids is 1. The first-order valence-corrected chi connectivity index (χ1v) is 7.44. The molecule has 0 spiro atoms. The fourth-order valence-electron chi connectivity index (χ4n) is 1.73. The molecule has 1 atom stereocenters. The molecule has 1 aliphatic rings. The Kier molecular flexibility index (Phi) is 4.29. The number of thioether (sulfide) groups is 1. The predicted molar refractivity (Wildman–Crippen MR) is 75.2 cm³/mol. The third-order valence-electron chi connectivity index (χ3n) is 2.77. The van der Waals surface area contributed by atoms with Gasteiger partial charge in [0.1, 0.15) is 0 Å². The number of halogens is 1. The Balaban J connectivity index is 2.14. The summed E-state index contributed by atoms with van der Waals surface area (Å²) in [7, 11) is 0. The van der Waals surface area contributed by atoms with Gasteiger partial charge in [-0.05, 0) is 46.3 Å². The lowest BCUT2D eigenvalue weighted by atomic mass is 10.1. The molecule has 4 nitrogen and oxygen atoms in total. The number of hydrogen-bond donors (Lipinski definition) is 2. The molecule has 1 saturated heterocycles. The highest BCUT2D eigenvalue weighted by Gasteiger charge is 2.23. The van der Waals surface area contributed by atoms with Crippen molar-refractivity contribution in [3.63, 3.8) is 0 Å². The van der Waals surface area contributed by atoms with E-state index >= 15 is 0 Å². The summed E-state index contributed by atoms with van der Waals surface area (Å²) in [6.45, 7) is 0. The lowest BCUT2D eigenvalue weighted by Crippen LogP contribution is -2.22. The van der Waals surface area contributed by atoms with Crippen LogP contribution < -0.4 is 5.32 Å². The Morgan fingerprint density at radius 2 is 2.22 bits per heavy atom. The second-order valence-electron chi connectivity index (χ2n) is 4.05. The number of rotatable bonds is 3. The van der Waals surface area contributed by atoms with Gasteiger partial charge in [-0.3, -0.25) is 4.79 Å². The van der Waals surface area contributed by atoms with E-state index < -0.39 is 5.97 Å². The number of aromatic carboxylic acids is 1. The highest BCUT2D eigenvalue weighted by Crippen LogP contribution is 2.28. The highest BCUT2D eigenvalue weighted by molar-refractivity contribution is 9.10. The van der Waals surface area contributed by atoms with Crippen molar-refractivity contribution in [3.8, 4) is 0 Å². The van der Waals surface area contributed by atoms with Crippen LogP contribution in [0.2, 0.25) is 0 Å². The molecule has 1 fully saturated rings. The highest BCUT2D eigenvalue weighted by atomic mass is 79.9. The fraction of sp³-hybridized carbons (Fsp3) is 0.333. The van der Waals surface area contributed by atoms with E-state index in [1.807, 2.05) is 0 Å². The fourth-order valence-corrected chi connectivity index (χ4v) is 3.30.